The molecule has 1 saturated heterocycles. The summed E-state index contributed by atoms with van der Waals surface area (Å²) in [7, 11) is 0. The van der Waals surface area contributed by atoms with Gasteiger partial charge in [0.15, 0.2) is 0 Å². The number of hydrogen-bond acceptors (Lipinski definition) is 4. The van der Waals surface area contributed by atoms with Crippen molar-refractivity contribution in [2.24, 2.45) is 0 Å². The van der Waals surface area contributed by atoms with E-state index in [0.717, 1.165) is 24.1 Å². The molecule has 6 heteroatoms. The van der Waals surface area contributed by atoms with Crippen LogP contribution in [0.2, 0.25) is 0 Å². The van der Waals surface area contributed by atoms with E-state index < -0.39 is 0 Å². The minimum atomic E-state index is -0.384. The summed E-state index contributed by atoms with van der Waals surface area (Å²) in [6, 6.07) is 8.52. The highest BCUT2D eigenvalue weighted by Gasteiger charge is 2.31. The second-order valence-corrected chi connectivity index (χ2v) is 7.49. The molecule has 1 aliphatic heterocycles. The van der Waals surface area contributed by atoms with Gasteiger partial charge in [-0.05, 0) is 27.2 Å². The Labute approximate surface area is 160 Å². The van der Waals surface area contributed by atoms with Crippen molar-refractivity contribution in [3.8, 4) is 11.4 Å². The van der Waals surface area contributed by atoms with Crippen molar-refractivity contribution in [1.29, 1.82) is 0 Å². The molecule has 2 heterocycles. The molecular weight excluding hydrogens is 340 g/mol. The van der Waals surface area contributed by atoms with Crippen LogP contribution in [0.25, 0.3) is 11.4 Å². The molecule has 2 aromatic rings. The number of H-pyrrole nitrogens is 1. The van der Waals surface area contributed by atoms with Crippen LogP contribution in [0.15, 0.2) is 35.3 Å². The normalized spacial score (nSPS) is 18.1. The molecule has 0 saturated carbocycles. The molecule has 1 N–H and O–H groups in total. The molecule has 0 bridgehead atoms. The maximum absolute atomic E-state index is 12.9. The molecule has 6 nitrogen and oxygen atoms in total. The molecule has 3 rings (SSSR count). The third-order valence-corrected chi connectivity index (χ3v) is 5.30. The molecule has 1 aromatic heterocycles. The minimum Gasteiger partial charge on any atom is -0.336 e. The zero-order valence-electron chi connectivity index (χ0n) is 16.5. The van der Waals surface area contributed by atoms with E-state index in [0.29, 0.717) is 31.0 Å². The van der Waals surface area contributed by atoms with Crippen molar-refractivity contribution in [3.05, 3.63) is 51.9 Å². The predicted octanol–water partition coefficient (Wildman–Crippen LogP) is 2.69. The largest absolute Gasteiger partial charge is 0.336 e. The third-order valence-electron chi connectivity index (χ3n) is 5.30. The average Bonchev–Trinajstić information content (AvgIpc) is 2.67. The van der Waals surface area contributed by atoms with E-state index in [2.05, 4.69) is 35.6 Å². The van der Waals surface area contributed by atoms with Gasteiger partial charge < -0.3 is 9.88 Å². The standard InChI is InChI=1S/C21H28N4O2/c1-5-17-13-24(10-11-25(17)14(2)3)21(27)18-12-22-19(23-20(18)26)16-8-6-15(4)7-9-16/h6-9,12,14,17H,5,10-11,13H2,1-4H3,(H,22,23,26). The second-order valence-electron chi connectivity index (χ2n) is 7.49. The highest BCUT2D eigenvalue weighted by molar-refractivity contribution is 5.93. The van der Waals surface area contributed by atoms with Gasteiger partial charge in [-0.15, -0.1) is 0 Å². The van der Waals surface area contributed by atoms with Crippen LogP contribution >= 0.6 is 0 Å². The fraction of sp³-hybridized carbons (Fsp3) is 0.476. The summed E-state index contributed by atoms with van der Waals surface area (Å²) >= 11 is 0. The van der Waals surface area contributed by atoms with Gasteiger partial charge in [-0.25, -0.2) is 4.98 Å². The number of aromatic nitrogens is 2. The molecule has 27 heavy (non-hydrogen) atoms. The van der Waals surface area contributed by atoms with Gasteiger partial charge in [-0.3, -0.25) is 14.5 Å². The summed E-state index contributed by atoms with van der Waals surface area (Å²) in [4.78, 5) is 36.7. The molecule has 1 amide bonds. The van der Waals surface area contributed by atoms with E-state index in [-0.39, 0.29) is 17.0 Å². The van der Waals surface area contributed by atoms with Crippen LogP contribution in [-0.2, 0) is 0 Å². The van der Waals surface area contributed by atoms with Crippen LogP contribution in [0.3, 0.4) is 0 Å². The molecule has 1 aliphatic rings. The van der Waals surface area contributed by atoms with Gasteiger partial charge in [0.1, 0.15) is 11.4 Å². The van der Waals surface area contributed by atoms with Gasteiger partial charge in [-0.1, -0.05) is 36.8 Å². The molecule has 1 unspecified atom stereocenters. The topological polar surface area (TPSA) is 69.3 Å². The first-order chi connectivity index (χ1) is 12.9. The first kappa shape index (κ1) is 19.3. The van der Waals surface area contributed by atoms with Crippen LogP contribution < -0.4 is 5.56 Å². The van der Waals surface area contributed by atoms with Gasteiger partial charge in [0.05, 0.1) is 0 Å². The zero-order chi connectivity index (χ0) is 19.6. The molecule has 144 valence electrons. The maximum Gasteiger partial charge on any atom is 0.264 e. The molecule has 0 spiro atoms. The first-order valence-corrected chi connectivity index (χ1v) is 9.62. The number of piperazine rings is 1. The van der Waals surface area contributed by atoms with Crippen molar-refractivity contribution >= 4 is 5.91 Å². The van der Waals surface area contributed by atoms with Gasteiger partial charge in [0, 0.05) is 43.5 Å². The number of nitrogens with one attached hydrogen (secondary N) is 1. The van der Waals surface area contributed by atoms with E-state index >= 15 is 0 Å². The van der Waals surface area contributed by atoms with E-state index in [4.69, 9.17) is 0 Å². The highest BCUT2D eigenvalue weighted by Crippen LogP contribution is 2.18. The van der Waals surface area contributed by atoms with Gasteiger partial charge >= 0.3 is 0 Å². The summed E-state index contributed by atoms with van der Waals surface area (Å²) in [6.07, 6.45) is 2.38. The van der Waals surface area contributed by atoms with Crippen LogP contribution in [0.5, 0.6) is 0 Å². The minimum absolute atomic E-state index is 0.110. The van der Waals surface area contributed by atoms with Crippen LogP contribution in [0.1, 0.15) is 43.1 Å². The molecule has 1 fully saturated rings. The summed E-state index contributed by atoms with van der Waals surface area (Å²) in [5.41, 5.74) is 1.69. The van der Waals surface area contributed by atoms with Crippen LogP contribution in [0, 0.1) is 6.92 Å². The Morgan fingerprint density at radius 3 is 2.56 bits per heavy atom. The lowest BCUT2D eigenvalue weighted by Gasteiger charge is -2.43. The Balaban J connectivity index is 1.79. The number of aryl methyl sites for hydroxylation is 1. The van der Waals surface area contributed by atoms with Gasteiger partial charge in [0.2, 0.25) is 0 Å². The Hall–Kier alpha value is -2.47. The van der Waals surface area contributed by atoms with Crippen LogP contribution in [-0.4, -0.2) is 57.4 Å². The van der Waals surface area contributed by atoms with Crippen molar-refractivity contribution in [2.75, 3.05) is 19.6 Å². The maximum atomic E-state index is 12.9. The van der Waals surface area contributed by atoms with Crippen molar-refractivity contribution < 1.29 is 4.79 Å². The summed E-state index contributed by atoms with van der Waals surface area (Å²) < 4.78 is 0. The lowest BCUT2D eigenvalue weighted by Crippen LogP contribution is -2.56. The predicted molar refractivity (Wildman–Crippen MR) is 107 cm³/mol. The fourth-order valence-corrected chi connectivity index (χ4v) is 3.67. The van der Waals surface area contributed by atoms with E-state index in [1.165, 1.54) is 6.20 Å². The van der Waals surface area contributed by atoms with Crippen molar-refractivity contribution in [2.45, 2.75) is 46.2 Å². The fourth-order valence-electron chi connectivity index (χ4n) is 3.67. The summed E-state index contributed by atoms with van der Waals surface area (Å²) in [5, 5.41) is 0. The van der Waals surface area contributed by atoms with Crippen molar-refractivity contribution in [3.63, 3.8) is 0 Å². The molecule has 1 atom stereocenters. The quantitative estimate of drug-likeness (QED) is 0.901. The number of amides is 1. The number of nitrogens with zero attached hydrogens (tertiary/aromatic N) is 3. The molecular formula is C21H28N4O2. The Bertz CT molecular complexity index is 857. The first-order valence-electron chi connectivity index (χ1n) is 9.62. The SMILES string of the molecule is CCC1CN(C(=O)c2cnc(-c3ccc(C)cc3)[nH]c2=O)CCN1C(C)C. The number of carbonyl (C=O) groups is 1. The average molecular weight is 368 g/mol. The molecule has 0 aliphatic carbocycles. The van der Waals surface area contributed by atoms with E-state index in [9.17, 15) is 9.59 Å². The number of benzene rings is 1. The van der Waals surface area contributed by atoms with Gasteiger partial charge in [-0.2, -0.15) is 0 Å². The second kappa shape index (κ2) is 8.05. The lowest BCUT2D eigenvalue weighted by molar-refractivity contribution is 0.0370. The zero-order valence-corrected chi connectivity index (χ0v) is 16.5. The highest BCUT2D eigenvalue weighted by atomic mass is 16.2. The Morgan fingerprint density at radius 1 is 1.26 bits per heavy atom. The summed E-state index contributed by atoms with van der Waals surface area (Å²) in [5.74, 6) is 0.244. The smallest absolute Gasteiger partial charge is 0.264 e. The number of aromatic amines is 1. The lowest BCUT2D eigenvalue weighted by atomic mass is 10.1. The van der Waals surface area contributed by atoms with E-state index in [1.807, 2.05) is 31.2 Å². The number of rotatable bonds is 4. The Kier molecular flexibility index (Phi) is 5.75. The number of hydrogen-bond donors (Lipinski definition) is 1. The number of carbonyl (C=O) groups excluding carboxylic acids is 1. The third kappa shape index (κ3) is 4.11. The van der Waals surface area contributed by atoms with Gasteiger partial charge in [0.25, 0.3) is 11.5 Å². The summed E-state index contributed by atoms with van der Waals surface area (Å²) in [6.45, 7) is 10.6. The monoisotopic (exact) mass is 368 g/mol. The molecule has 1 aromatic carbocycles. The van der Waals surface area contributed by atoms with Crippen LogP contribution in [0.4, 0.5) is 0 Å². The van der Waals surface area contributed by atoms with Crippen molar-refractivity contribution in [1.82, 2.24) is 19.8 Å². The Morgan fingerprint density at radius 2 is 1.96 bits per heavy atom. The molecule has 0 radical (unpaired) electrons. The van der Waals surface area contributed by atoms with E-state index in [1.54, 1.807) is 4.90 Å².